The van der Waals surface area contributed by atoms with Crippen LogP contribution in [0.4, 0.5) is 4.79 Å². The maximum atomic E-state index is 11.4. The van der Waals surface area contributed by atoms with Crippen molar-refractivity contribution in [1.29, 1.82) is 0 Å². The summed E-state index contributed by atoms with van der Waals surface area (Å²) < 4.78 is 4.73. The molecule has 2 heterocycles. The molecule has 0 bridgehead atoms. The largest absolute Gasteiger partial charge is 0.453 e. The van der Waals surface area contributed by atoms with Crippen molar-refractivity contribution in [1.82, 2.24) is 15.1 Å². The van der Waals surface area contributed by atoms with Crippen molar-refractivity contribution in [2.75, 3.05) is 20.2 Å². The minimum absolute atomic E-state index is 0.0582. The minimum Gasteiger partial charge on any atom is -0.453 e. The maximum absolute atomic E-state index is 11.4. The number of rotatable bonds is 1. The van der Waals surface area contributed by atoms with Gasteiger partial charge in [-0.1, -0.05) is 26.8 Å². The lowest BCUT2D eigenvalue weighted by Gasteiger charge is -2.26. The zero-order valence-electron chi connectivity index (χ0n) is 12.0. The van der Waals surface area contributed by atoms with E-state index in [1.54, 1.807) is 4.90 Å². The zero-order valence-corrected chi connectivity index (χ0v) is 12.0. The average molecular weight is 263 g/mol. The van der Waals surface area contributed by atoms with Gasteiger partial charge in [-0.25, -0.2) is 4.79 Å². The summed E-state index contributed by atoms with van der Waals surface area (Å²) in [6.07, 6.45) is 4.56. The van der Waals surface area contributed by atoms with Crippen LogP contribution in [0.15, 0.2) is 12.3 Å². The highest BCUT2D eigenvalue weighted by molar-refractivity contribution is 5.72. The van der Waals surface area contributed by atoms with Crippen LogP contribution in [0.3, 0.4) is 0 Å². The van der Waals surface area contributed by atoms with Crippen LogP contribution < -0.4 is 0 Å². The van der Waals surface area contributed by atoms with Gasteiger partial charge < -0.3 is 9.64 Å². The van der Waals surface area contributed by atoms with Gasteiger partial charge in [0.1, 0.15) is 0 Å². The summed E-state index contributed by atoms with van der Waals surface area (Å²) in [6, 6.07) is 0. The summed E-state index contributed by atoms with van der Waals surface area (Å²) in [4.78, 5) is 13.1. The molecule has 0 radical (unpaired) electrons. The Balaban J connectivity index is 2.19. The van der Waals surface area contributed by atoms with Crippen molar-refractivity contribution in [2.45, 2.75) is 32.6 Å². The number of nitrogens with one attached hydrogen (secondary N) is 1. The van der Waals surface area contributed by atoms with Crippen LogP contribution in [0.25, 0.3) is 5.57 Å². The fourth-order valence-electron chi connectivity index (χ4n) is 2.29. The highest BCUT2D eigenvalue weighted by atomic mass is 16.5. The number of hydrogen-bond donors (Lipinski definition) is 1. The second-order valence-electron chi connectivity index (χ2n) is 5.79. The van der Waals surface area contributed by atoms with E-state index in [0.29, 0.717) is 13.1 Å². The Kier molecular flexibility index (Phi) is 3.64. The first-order valence-electron chi connectivity index (χ1n) is 6.50. The van der Waals surface area contributed by atoms with Gasteiger partial charge in [0.2, 0.25) is 0 Å². The molecule has 0 unspecified atom stereocenters. The first-order chi connectivity index (χ1) is 8.93. The molecule has 1 aliphatic rings. The Morgan fingerprint density at radius 3 is 2.74 bits per heavy atom. The maximum Gasteiger partial charge on any atom is 0.409 e. The highest BCUT2D eigenvalue weighted by Crippen LogP contribution is 2.31. The van der Waals surface area contributed by atoms with E-state index in [2.05, 4.69) is 37.0 Å². The van der Waals surface area contributed by atoms with E-state index in [0.717, 1.165) is 12.1 Å². The molecule has 0 saturated heterocycles. The van der Waals surface area contributed by atoms with Crippen molar-refractivity contribution >= 4 is 11.7 Å². The monoisotopic (exact) mass is 263 g/mol. The molecule has 0 spiro atoms. The predicted octanol–water partition coefficient (Wildman–Crippen LogP) is 2.56. The first kappa shape index (κ1) is 13.6. The molecule has 0 fully saturated rings. The third kappa shape index (κ3) is 2.80. The van der Waals surface area contributed by atoms with Crippen LogP contribution in [-0.2, 0) is 10.2 Å². The number of hydrogen-bond acceptors (Lipinski definition) is 3. The second-order valence-corrected chi connectivity index (χ2v) is 5.79. The topological polar surface area (TPSA) is 58.2 Å². The van der Waals surface area contributed by atoms with Gasteiger partial charge in [-0.15, -0.1) is 0 Å². The third-order valence-electron chi connectivity index (χ3n) is 3.39. The lowest BCUT2D eigenvalue weighted by molar-refractivity contribution is 0.128. The number of ether oxygens (including phenoxy) is 1. The molecule has 0 atom stereocenters. The van der Waals surface area contributed by atoms with Gasteiger partial charge >= 0.3 is 6.09 Å². The number of aromatic amines is 1. The second kappa shape index (κ2) is 5.07. The van der Waals surface area contributed by atoms with Gasteiger partial charge in [-0.05, 0) is 17.4 Å². The molecule has 1 aliphatic heterocycles. The van der Waals surface area contributed by atoms with Gasteiger partial charge in [-0.2, -0.15) is 5.10 Å². The molecule has 5 nitrogen and oxygen atoms in total. The molecule has 104 valence electrons. The quantitative estimate of drug-likeness (QED) is 0.847. The SMILES string of the molecule is COC(=O)N1CC=C(c2n[nH]cc2C(C)(C)C)CC1. The predicted molar refractivity (Wildman–Crippen MR) is 73.9 cm³/mol. The van der Waals surface area contributed by atoms with Crippen LogP contribution in [0.2, 0.25) is 0 Å². The number of carbonyl (C=O) groups is 1. The number of nitrogens with zero attached hydrogens (tertiary/aromatic N) is 2. The molecule has 0 aliphatic carbocycles. The van der Waals surface area contributed by atoms with Crippen molar-refractivity contribution in [2.24, 2.45) is 0 Å². The number of H-pyrrole nitrogens is 1. The fraction of sp³-hybridized carbons (Fsp3) is 0.571. The number of amides is 1. The molecular weight excluding hydrogens is 242 g/mol. The van der Waals surface area contributed by atoms with Crippen LogP contribution in [0, 0.1) is 0 Å². The Morgan fingerprint density at radius 1 is 1.47 bits per heavy atom. The molecule has 19 heavy (non-hydrogen) atoms. The molecule has 5 heteroatoms. The molecule has 1 amide bonds. The summed E-state index contributed by atoms with van der Waals surface area (Å²) in [7, 11) is 1.41. The molecule has 1 N–H and O–H groups in total. The number of carbonyl (C=O) groups excluding carboxylic acids is 1. The van der Waals surface area contributed by atoms with Gasteiger partial charge in [0.15, 0.2) is 0 Å². The summed E-state index contributed by atoms with van der Waals surface area (Å²) in [5, 5.41) is 7.32. The van der Waals surface area contributed by atoms with Crippen molar-refractivity contribution in [3.8, 4) is 0 Å². The summed E-state index contributed by atoms with van der Waals surface area (Å²) >= 11 is 0. The van der Waals surface area contributed by atoms with E-state index in [1.165, 1.54) is 18.2 Å². The van der Waals surface area contributed by atoms with Crippen LogP contribution in [0.1, 0.15) is 38.4 Å². The van der Waals surface area contributed by atoms with Crippen molar-refractivity contribution in [3.05, 3.63) is 23.5 Å². The van der Waals surface area contributed by atoms with Crippen LogP contribution in [-0.4, -0.2) is 41.4 Å². The van der Waals surface area contributed by atoms with E-state index >= 15 is 0 Å². The van der Waals surface area contributed by atoms with Gasteiger partial charge in [-0.3, -0.25) is 5.10 Å². The van der Waals surface area contributed by atoms with Crippen LogP contribution in [0.5, 0.6) is 0 Å². The fourth-order valence-corrected chi connectivity index (χ4v) is 2.29. The smallest absolute Gasteiger partial charge is 0.409 e. The average Bonchev–Trinajstić information content (AvgIpc) is 2.87. The van der Waals surface area contributed by atoms with E-state index in [4.69, 9.17) is 4.74 Å². The molecule has 2 rings (SSSR count). The van der Waals surface area contributed by atoms with E-state index < -0.39 is 0 Å². The van der Waals surface area contributed by atoms with Crippen molar-refractivity contribution in [3.63, 3.8) is 0 Å². The van der Waals surface area contributed by atoms with E-state index in [9.17, 15) is 4.79 Å². The summed E-state index contributed by atoms with van der Waals surface area (Å²) in [5.41, 5.74) is 3.50. The number of methoxy groups -OCH3 is 1. The Bertz CT molecular complexity index is 497. The van der Waals surface area contributed by atoms with Gasteiger partial charge in [0, 0.05) is 24.8 Å². The lowest BCUT2D eigenvalue weighted by atomic mass is 9.85. The minimum atomic E-state index is -0.270. The zero-order chi connectivity index (χ0) is 14.0. The van der Waals surface area contributed by atoms with Gasteiger partial charge in [0.25, 0.3) is 0 Å². The Morgan fingerprint density at radius 2 is 2.21 bits per heavy atom. The molecule has 0 saturated carbocycles. The Labute approximate surface area is 113 Å². The lowest BCUT2D eigenvalue weighted by Crippen LogP contribution is -2.34. The summed E-state index contributed by atoms with van der Waals surface area (Å²) in [6.45, 7) is 7.77. The molecule has 0 aromatic carbocycles. The van der Waals surface area contributed by atoms with Gasteiger partial charge in [0.05, 0.1) is 12.8 Å². The summed E-state index contributed by atoms with van der Waals surface area (Å²) in [5.74, 6) is 0. The number of aromatic nitrogens is 2. The normalized spacial score (nSPS) is 16.2. The van der Waals surface area contributed by atoms with E-state index in [1.807, 2.05) is 6.20 Å². The third-order valence-corrected chi connectivity index (χ3v) is 3.39. The standard InChI is InChI=1S/C14H21N3O2/c1-14(2,3)11-9-15-16-12(11)10-5-7-17(8-6-10)13(18)19-4/h5,9H,6-8H2,1-4H3,(H,15,16). The molecule has 1 aromatic rings. The molecule has 1 aromatic heterocycles. The van der Waals surface area contributed by atoms with Crippen molar-refractivity contribution < 1.29 is 9.53 Å². The highest BCUT2D eigenvalue weighted by Gasteiger charge is 2.25. The van der Waals surface area contributed by atoms with Crippen LogP contribution >= 0.6 is 0 Å². The van der Waals surface area contributed by atoms with E-state index in [-0.39, 0.29) is 11.5 Å². The first-order valence-corrected chi connectivity index (χ1v) is 6.50. The molecular formula is C14H21N3O2. The Hall–Kier alpha value is -1.78.